The quantitative estimate of drug-likeness (QED) is 0.732. The molecule has 7 heteroatoms. The van der Waals surface area contributed by atoms with Crippen LogP contribution in [0.2, 0.25) is 0 Å². The summed E-state index contributed by atoms with van der Waals surface area (Å²) in [5, 5.41) is 12.5. The van der Waals surface area contributed by atoms with Crippen molar-refractivity contribution in [3.05, 3.63) is 52.9 Å². The Hall–Kier alpha value is -2.12. The highest BCUT2D eigenvalue weighted by Crippen LogP contribution is 2.26. The Morgan fingerprint density at radius 3 is 2.87 bits per heavy atom. The summed E-state index contributed by atoms with van der Waals surface area (Å²) in [4.78, 5) is 12.8. The number of thiophene rings is 1. The number of carbonyl (C=O) groups excluding carboxylic acids is 1. The van der Waals surface area contributed by atoms with E-state index in [-0.39, 0.29) is 11.9 Å². The fraction of sp³-hybridized carbons (Fsp3) is 0.188. The van der Waals surface area contributed by atoms with Crippen molar-refractivity contribution >= 4 is 35.0 Å². The first-order valence-corrected chi connectivity index (χ1v) is 9.04. The van der Waals surface area contributed by atoms with Gasteiger partial charge >= 0.3 is 6.01 Å². The lowest BCUT2D eigenvalue weighted by atomic mass is 10.2. The standard InChI is InChI=1S/C16H15N3O2S2/c1-11-7-13(23-8-11)15-18-19-16(21-15)17-14(20)10-22-9-12-5-3-2-4-6-12/h2-8H,9-10H2,1H3,(H,17,19,20). The number of nitrogens with zero attached hydrogens (tertiary/aromatic N) is 2. The van der Waals surface area contributed by atoms with Gasteiger partial charge in [-0.3, -0.25) is 10.1 Å². The van der Waals surface area contributed by atoms with E-state index in [4.69, 9.17) is 4.42 Å². The average Bonchev–Trinajstić information content (AvgIpc) is 3.17. The van der Waals surface area contributed by atoms with Crippen molar-refractivity contribution < 1.29 is 9.21 Å². The molecule has 1 N–H and O–H groups in total. The lowest BCUT2D eigenvalue weighted by Crippen LogP contribution is -2.14. The van der Waals surface area contributed by atoms with Gasteiger partial charge in [0.05, 0.1) is 10.6 Å². The van der Waals surface area contributed by atoms with Crippen LogP contribution in [0.4, 0.5) is 6.01 Å². The number of aromatic nitrogens is 2. The van der Waals surface area contributed by atoms with E-state index in [0.29, 0.717) is 11.6 Å². The Kier molecular flexibility index (Phi) is 5.09. The van der Waals surface area contributed by atoms with E-state index in [1.165, 1.54) is 16.9 Å². The minimum atomic E-state index is -0.150. The molecule has 0 atom stereocenters. The first-order valence-electron chi connectivity index (χ1n) is 7.01. The average molecular weight is 345 g/mol. The maximum absolute atomic E-state index is 11.9. The Labute approximate surface area is 142 Å². The molecule has 0 aliphatic heterocycles. The molecule has 0 radical (unpaired) electrons. The number of amides is 1. The van der Waals surface area contributed by atoms with Crippen LogP contribution in [0.25, 0.3) is 10.8 Å². The van der Waals surface area contributed by atoms with E-state index in [1.807, 2.05) is 48.7 Å². The summed E-state index contributed by atoms with van der Waals surface area (Å²) in [7, 11) is 0. The van der Waals surface area contributed by atoms with Gasteiger partial charge in [0.1, 0.15) is 0 Å². The largest absolute Gasteiger partial charge is 0.402 e. The highest BCUT2D eigenvalue weighted by Gasteiger charge is 2.12. The van der Waals surface area contributed by atoms with Crippen LogP contribution in [0.3, 0.4) is 0 Å². The normalized spacial score (nSPS) is 10.7. The molecule has 0 aliphatic carbocycles. The van der Waals surface area contributed by atoms with Gasteiger partial charge in [0.15, 0.2) is 0 Å². The first kappa shape index (κ1) is 15.8. The molecule has 0 saturated carbocycles. The summed E-state index contributed by atoms with van der Waals surface area (Å²) in [6.45, 7) is 2.00. The van der Waals surface area contributed by atoms with Crippen molar-refractivity contribution in [2.24, 2.45) is 0 Å². The van der Waals surface area contributed by atoms with Crippen LogP contribution in [0.1, 0.15) is 11.1 Å². The molecule has 2 heterocycles. The summed E-state index contributed by atoms with van der Waals surface area (Å²) in [6, 6.07) is 12.1. The number of hydrogen-bond donors (Lipinski definition) is 1. The van der Waals surface area contributed by atoms with Gasteiger partial charge in [-0.2, -0.15) is 0 Å². The smallest absolute Gasteiger partial charge is 0.322 e. The molecule has 3 rings (SSSR count). The topological polar surface area (TPSA) is 68.0 Å². The maximum atomic E-state index is 11.9. The van der Waals surface area contributed by atoms with Crippen molar-refractivity contribution in [2.75, 3.05) is 11.1 Å². The van der Waals surface area contributed by atoms with Gasteiger partial charge in [0, 0.05) is 5.75 Å². The fourth-order valence-corrected chi connectivity index (χ4v) is 3.51. The van der Waals surface area contributed by atoms with Crippen LogP contribution in [0, 0.1) is 6.92 Å². The first-order chi connectivity index (χ1) is 11.2. The molecule has 1 amide bonds. The highest BCUT2D eigenvalue weighted by atomic mass is 32.2. The van der Waals surface area contributed by atoms with Crippen molar-refractivity contribution in [3.63, 3.8) is 0 Å². The Bertz CT molecular complexity index is 783. The minimum absolute atomic E-state index is 0.136. The van der Waals surface area contributed by atoms with E-state index in [2.05, 4.69) is 15.5 Å². The number of nitrogens with one attached hydrogen (secondary N) is 1. The van der Waals surface area contributed by atoms with Gasteiger partial charge < -0.3 is 4.42 Å². The van der Waals surface area contributed by atoms with Gasteiger partial charge in [0.2, 0.25) is 5.91 Å². The predicted molar refractivity (Wildman–Crippen MR) is 93.6 cm³/mol. The van der Waals surface area contributed by atoms with Gasteiger partial charge in [-0.05, 0) is 29.5 Å². The van der Waals surface area contributed by atoms with Crippen LogP contribution in [-0.2, 0) is 10.5 Å². The molecule has 3 aromatic rings. The Balaban J connectivity index is 1.49. The summed E-state index contributed by atoms with van der Waals surface area (Å²) < 4.78 is 5.47. The van der Waals surface area contributed by atoms with Crippen LogP contribution < -0.4 is 5.32 Å². The SMILES string of the molecule is Cc1csc(-c2nnc(NC(=O)CSCc3ccccc3)o2)c1. The number of hydrogen-bond acceptors (Lipinski definition) is 6. The number of thioether (sulfide) groups is 1. The van der Waals surface area contributed by atoms with Crippen LogP contribution in [-0.4, -0.2) is 21.9 Å². The molecular formula is C16H15N3O2S2. The molecule has 0 aliphatic rings. The van der Waals surface area contributed by atoms with E-state index in [1.54, 1.807) is 11.8 Å². The maximum Gasteiger partial charge on any atom is 0.322 e. The lowest BCUT2D eigenvalue weighted by molar-refractivity contribution is -0.113. The third kappa shape index (κ3) is 4.43. The molecule has 0 fully saturated rings. The van der Waals surface area contributed by atoms with Gasteiger partial charge in [0.25, 0.3) is 5.89 Å². The summed E-state index contributed by atoms with van der Waals surface area (Å²) in [5.74, 6) is 1.40. The molecule has 0 saturated heterocycles. The zero-order valence-corrected chi connectivity index (χ0v) is 14.1. The van der Waals surface area contributed by atoms with E-state index >= 15 is 0 Å². The monoisotopic (exact) mass is 345 g/mol. The number of rotatable bonds is 6. The molecular weight excluding hydrogens is 330 g/mol. The van der Waals surface area contributed by atoms with Gasteiger partial charge in [-0.1, -0.05) is 35.4 Å². The summed E-state index contributed by atoms with van der Waals surface area (Å²) in [6.07, 6.45) is 0. The highest BCUT2D eigenvalue weighted by molar-refractivity contribution is 7.99. The van der Waals surface area contributed by atoms with Crippen LogP contribution in [0.15, 0.2) is 46.2 Å². The van der Waals surface area contributed by atoms with E-state index < -0.39 is 0 Å². The minimum Gasteiger partial charge on any atom is -0.402 e. The zero-order chi connectivity index (χ0) is 16.1. The second-order valence-electron chi connectivity index (χ2n) is 4.93. The molecule has 1 aromatic carbocycles. The van der Waals surface area contributed by atoms with E-state index in [0.717, 1.165) is 16.2 Å². The number of aryl methyl sites for hydroxylation is 1. The van der Waals surface area contributed by atoms with Crippen LogP contribution >= 0.6 is 23.1 Å². The molecule has 2 aromatic heterocycles. The summed E-state index contributed by atoms with van der Waals surface area (Å²) >= 11 is 3.07. The predicted octanol–water partition coefficient (Wildman–Crippen LogP) is 3.98. The molecule has 0 spiro atoms. The van der Waals surface area contributed by atoms with Crippen molar-refractivity contribution in [1.82, 2.24) is 10.2 Å². The zero-order valence-electron chi connectivity index (χ0n) is 12.5. The molecule has 118 valence electrons. The number of carbonyl (C=O) groups is 1. The van der Waals surface area contributed by atoms with E-state index in [9.17, 15) is 4.79 Å². The number of anilines is 1. The van der Waals surface area contributed by atoms with Gasteiger partial charge in [-0.15, -0.1) is 28.2 Å². The molecule has 0 unspecified atom stereocenters. The van der Waals surface area contributed by atoms with Crippen molar-refractivity contribution in [1.29, 1.82) is 0 Å². The second kappa shape index (κ2) is 7.43. The van der Waals surface area contributed by atoms with Crippen molar-refractivity contribution in [3.8, 4) is 10.8 Å². The van der Waals surface area contributed by atoms with Crippen LogP contribution in [0.5, 0.6) is 0 Å². The third-order valence-corrected chi connectivity index (χ3v) is 5.00. The third-order valence-electron chi connectivity index (χ3n) is 2.96. The lowest BCUT2D eigenvalue weighted by Gasteiger charge is -2.01. The summed E-state index contributed by atoms with van der Waals surface area (Å²) in [5.41, 5.74) is 2.34. The number of benzene rings is 1. The second-order valence-corrected chi connectivity index (χ2v) is 6.82. The van der Waals surface area contributed by atoms with Gasteiger partial charge in [-0.25, -0.2) is 0 Å². The fourth-order valence-electron chi connectivity index (χ4n) is 1.91. The Morgan fingerprint density at radius 1 is 1.30 bits per heavy atom. The van der Waals surface area contributed by atoms with Crippen molar-refractivity contribution in [2.45, 2.75) is 12.7 Å². The Morgan fingerprint density at radius 2 is 2.13 bits per heavy atom. The molecule has 23 heavy (non-hydrogen) atoms. The molecule has 5 nitrogen and oxygen atoms in total. The molecule has 0 bridgehead atoms.